The minimum absolute atomic E-state index is 0.0494. The van der Waals surface area contributed by atoms with E-state index in [2.05, 4.69) is 10.2 Å². The van der Waals surface area contributed by atoms with Gasteiger partial charge in [-0.25, -0.2) is 4.39 Å². The maximum atomic E-state index is 12.9. The molecule has 140 valence electrons. The molecule has 0 spiro atoms. The number of nitrogens with one attached hydrogen (secondary N) is 1. The number of carbonyl (C=O) groups excluding carboxylic acids is 1. The predicted octanol–water partition coefficient (Wildman–Crippen LogP) is 2.30. The van der Waals surface area contributed by atoms with Gasteiger partial charge in [-0.15, -0.1) is 0 Å². The van der Waals surface area contributed by atoms with E-state index < -0.39 is 5.60 Å². The standard InChI is InChI=1S/C19H24FN3O3/c20-16-5-7-17(8-6-16)26-14-19(25)9-2-10-23(13-19)18(24)4-1-3-15-11-21-22-12-15/h5-8,11-12,25H,1-4,9-10,13-14H2,(H,21,22). The van der Waals surface area contributed by atoms with Crippen molar-refractivity contribution >= 4 is 5.91 Å². The summed E-state index contributed by atoms with van der Waals surface area (Å²) in [5.41, 5.74) is 0.00740. The number of nitrogens with zero attached hydrogens (tertiary/aromatic N) is 2. The van der Waals surface area contributed by atoms with Crippen molar-refractivity contribution in [1.82, 2.24) is 15.1 Å². The Morgan fingerprint density at radius 1 is 1.38 bits per heavy atom. The number of aromatic amines is 1. The Balaban J connectivity index is 1.47. The van der Waals surface area contributed by atoms with E-state index in [1.54, 1.807) is 11.1 Å². The average Bonchev–Trinajstić information content (AvgIpc) is 3.15. The van der Waals surface area contributed by atoms with Gasteiger partial charge in [-0.1, -0.05) is 0 Å². The lowest BCUT2D eigenvalue weighted by atomic mass is 9.93. The molecule has 1 aliphatic heterocycles. The summed E-state index contributed by atoms with van der Waals surface area (Å²) in [7, 11) is 0. The van der Waals surface area contributed by atoms with Gasteiger partial charge in [-0.3, -0.25) is 9.89 Å². The van der Waals surface area contributed by atoms with Crippen LogP contribution in [0.3, 0.4) is 0 Å². The van der Waals surface area contributed by atoms with Crippen LogP contribution in [0.4, 0.5) is 4.39 Å². The Labute approximate surface area is 152 Å². The summed E-state index contributed by atoms with van der Waals surface area (Å²) in [5.74, 6) is 0.220. The number of rotatable bonds is 7. The number of benzene rings is 1. The monoisotopic (exact) mass is 361 g/mol. The highest BCUT2D eigenvalue weighted by molar-refractivity contribution is 5.76. The number of aryl methyl sites for hydroxylation is 1. The number of ether oxygens (including phenoxy) is 1. The fourth-order valence-corrected chi connectivity index (χ4v) is 3.21. The quantitative estimate of drug-likeness (QED) is 0.793. The molecule has 7 heteroatoms. The van der Waals surface area contributed by atoms with E-state index in [0.29, 0.717) is 25.1 Å². The number of hydrogen-bond acceptors (Lipinski definition) is 4. The molecule has 1 saturated heterocycles. The van der Waals surface area contributed by atoms with Crippen LogP contribution in [0.5, 0.6) is 5.75 Å². The van der Waals surface area contributed by atoms with Gasteiger partial charge >= 0.3 is 0 Å². The molecule has 1 aromatic carbocycles. The number of likely N-dealkylation sites (tertiary alicyclic amines) is 1. The molecule has 1 fully saturated rings. The first kappa shape index (κ1) is 18.4. The van der Waals surface area contributed by atoms with Crippen LogP contribution >= 0.6 is 0 Å². The number of aromatic nitrogens is 2. The summed E-state index contributed by atoms with van der Waals surface area (Å²) in [4.78, 5) is 14.2. The van der Waals surface area contributed by atoms with Crippen molar-refractivity contribution in [3.8, 4) is 5.75 Å². The fourth-order valence-electron chi connectivity index (χ4n) is 3.21. The molecule has 0 saturated carbocycles. The Morgan fingerprint density at radius 3 is 2.92 bits per heavy atom. The Bertz CT molecular complexity index is 705. The molecule has 0 radical (unpaired) electrons. The average molecular weight is 361 g/mol. The van der Waals surface area contributed by atoms with Gasteiger partial charge < -0.3 is 14.7 Å². The Morgan fingerprint density at radius 2 is 2.19 bits per heavy atom. The van der Waals surface area contributed by atoms with E-state index >= 15 is 0 Å². The van der Waals surface area contributed by atoms with Crippen molar-refractivity contribution in [1.29, 1.82) is 0 Å². The molecule has 1 amide bonds. The largest absolute Gasteiger partial charge is 0.491 e. The zero-order chi connectivity index (χ0) is 18.4. The van der Waals surface area contributed by atoms with Crippen LogP contribution in [0, 0.1) is 5.82 Å². The third-order valence-corrected chi connectivity index (χ3v) is 4.64. The van der Waals surface area contributed by atoms with Gasteiger partial charge in [0.15, 0.2) is 0 Å². The lowest BCUT2D eigenvalue weighted by molar-refractivity contribution is -0.140. The summed E-state index contributed by atoms with van der Waals surface area (Å²) in [6, 6.07) is 5.69. The number of amides is 1. The van der Waals surface area contributed by atoms with Crippen LogP contribution < -0.4 is 4.74 Å². The van der Waals surface area contributed by atoms with Gasteiger partial charge in [0.05, 0.1) is 12.7 Å². The highest BCUT2D eigenvalue weighted by atomic mass is 19.1. The van der Waals surface area contributed by atoms with Crippen molar-refractivity contribution in [3.05, 3.63) is 48.0 Å². The van der Waals surface area contributed by atoms with E-state index in [1.807, 2.05) is 6.20 Å². The number of H-pyrrole nitrogens is 1. The first-order chi connectivity index (χ1) is 12.5. The smallest absolute Gasteiger partial charge is 0.222 e. The summed E-state index contributed by atoms with van der Waals surface area (Å²) in [5, 5.41) is 17.4. The number of halogens is 1. The molecule has 1 unspecified atom stereocenters. The van der Waals surface area contributed by atoms with E-state index in [-0.39, 0.29) is 24.9 Å². The van der Waals surface area contributed by atoms with Gasteiger partial charge in [0.2, 0.25) is 5.91 Å². The van der Waals surface area contributed by atoms with Crippen LogP contribution in [0.25, 0.3) is 0 Å². The highest BCUT2D eigenvalue weighted by Crippen LogP contribution is 2.24. The molecule has 2 N–H and O–H groups in total. The minimum Gasteiger partial charge on any atom is -0.491 e. The summed E-state index contributed by atoms with van der Waals surface area (Å²) in [6.45, 7) is 1.000. The molecule has 1 aromatic heterocycles. The van der Waals surface area contributed by atoms with Crippen LogP contribution in [0.1, 0.15) is 31.2 Å². The molecule has 6 nitrogen and oxygen atoms in total. The fraction of sp³-hybridized carbons (Fsp3) is 0.474. The molecule has 1 aliphatic rings. The van der Waals surface area contributed by atoms with E-state index in [1.165, 1.54) is 24.3 Å². The zero-order valence-electron chi connectivity index (χ0n) is 14.7. The summed E-state index contributed by atoms with van der Waals surface area (Å²) >= 11 is 0. The summed E-state index contributed by atoms with van der Waals surface area (Å²) in [6.07, 6.45) is 6.89. The molecule has 0 aliphatic carbocycles. The molecule has 1 atom stereocenters. The van der Waals surface area contributed by atoms with Crippen LogP contribution in [-0.4, -0.2) is 51.4 Å². The van der Waals surface area contributed by atoms with Crippen molar-refractivity contribution in [2.45, 2.75) is 37.7 Å². The molecule has 0 bridgehead atoms. The Kier molecular flexibility index (Phi) is 5.88. The maximum Gasteiger partial charge on any atom is 0.222 e. The van der Waals surface area contributed by atoms with Gasteiger partial charge in [-0.2, -0.15) is 5.10 Å². The number of aliphatic hydroxyl groups is 1. The first-order valence-electron chi connectivity index (χ1n) is 8.90. The van der Waals surface area contributed by atoms with Crippen molar-refractivity contribution in [2.75, 3.05) is 19.7 Å². The van der Waals surface area contributed by atoms with Crippen LogP contribution in [0.15, 0.2) is 36.7 Å². The first-order valence-corrected chi connectivity index (χ1v) is 8.90. The second-order valence-corrected chi connectivity index (χ2v) is 6.85. The number of piperidine rings is 1. The SMILES string of the molecule is O=C(CCCc1cn[nH]c1)N1CCCC(O)(COc2ccc(F)cc2)C1. The van der Waals surface area contributed by atoms with Crippen molar-refractivity contribution < 1.29 is 19.0 Å². The normalized spacial score (nSPS) is 20.2. The van der Waals surface area contributed by atoms with Crippen LogP contribution in [0.2, 0.25) is 0 Å². The van der Waals surface area contributed by atoms with E-state index in [9.17, 15) is 14.3 Å². The third kappa shape index (κ3) is 5.05. The number of carbonyl (C=O) groups is 1. The molecular formula is C19H24FN3O3. The van der Waals surface area contributed by atoms with E-state index in [0.717, 1.165) is 24.8 Å². The Hall–Kier alpha value is -2.41. The van der Waals surface area contributed by atoms with Crippen molar-refractivity contribution in [2.24, 2.45) is 0 Å². The number of hydrogen-bond donors (Lipinski definition) is 2. The number of β-amino-alcohol motifs (C(OH)–C–C–N with tert-alkyl or cyclic N) is 1. The molecule has 2 aromatic rings. The molecule has 26 heavy (non-hydrogen) atoms. The molecule has 3 rings (SSSR count). The highest BCUT2D eigenvalue weighted by Gasteiger charge is 2.35. The van der Waals surface area contributed by atoms with Gasteiger partial charge in [-0.05, 0) is 55.5 Å². The second kappa shape index (κ2) is 8.31. The lowest BCUT2D eigenvalue weighted by Crippen LogP contribution is -2.53. The predicted molar refractivity (Wildman–Crippen MR) is 94.2 cm³/mol. The van der Waals surface area contributed by atoms with Crippen molar-refractivity contribution in [3.63, 3.8) is 0 Å². The van der Waals surface area contributed by atoms with E-state index in [4.69, 9.17) is 4.74 Å². The summed E-state index contributed by atoms with van der Waals surface area (Å²) < 4.78 is 18.5. The molecular weight excluding hydrogens is 337 g/mol. The minimum atomic E-state index is -1.08. The maximum absolute atomic E-state index is 12.9. The topological polar surface area (TPSA) is 78.5 Å². The van der Waals surface area contributed by atoms with Gasteiger partial charge in [0.25, 0.3) is 0 Å². The third-order valence-electron chi connectivity index (χ3n) is 4.64. The lowest BCUT2D eigenvalue weighted by Gasteiger charge is -2.39. The van der Waals surface area contributed by atoms with Gasteiger partial charge in [0.1, 0.15) is 23.8 Å². The zero-order valence-corrected chi connectivity index (χ0v) is 14.7. The molecule has 2 heterocycles. The van der Waals surface area contributed by atoms with Crippen LogP contribution in [-0.2, 0) is 11.2 Å². The second-order valence-electron chi connectivity index (χ2n) is 6.85. The van der Waals surface area contributed by atoms with Gasteiger partial charge in [0, 0.05) is 19.2 Å².